The number of nitrogens with one attached hydrogen (secondary N) is 3. The molecule has 0 saturated carbocycles. The zero-order valence-electron chi connectivity index (χ0n) is 13.1. The van der Waals surface area contributed by atoms with Crippen LogP contribution in [0.15, 0.2) is 36.5 Å². The number of aromatic nitrogens is 1. The second-order valence-electron chi connectivity index (χ2n) is 6.20. The Balaban J connectivity index is 1.47. The van der Waals surface area contributed by atoms with Gasteiger partial charge >= 0.3 is 0 Å². The van der Waals surface area contributed by atoms with Crippen molar-refractivity contribution in [1.82, 2.24) is 10.3 Å². The molecule has 4 rings (SSSR count). The van der Waals surface area contributed by atoms with Gasteiger partial charge in [0.2, 0.25) is 5.91 Å². The predicted molar refractivity (Wildman–Crippen MR) is 91.1 cm³/mol. The maximum atomic E-state index is 12.5. The third-order valence-electron chi connectivity index (χ3n) is 4.52. The van der Waals surface area contributed by atoms with Crippen LogP contribution < -0.4 is 16.0 Å². The molecule has 2 aromatic rings. The molecule has 2 amide bonds. The van der Waals surface area contributed by atoms with Crippen LogP contribution in [0.2, 0.25) is 0 Å². The van der Waals surface area contributed by atoms with E-state index < -0.39 is 0 Å². The van der Waals surface area contributed by atoms with Gasteiger partial charge in [0.15, 0.2) is 0 Å². The summed E-state index contributed by atoms with van der Waals surface area (Å²) in [5, 5.41) is 8.73. The SMILES string of the molecule is O=C1CNc2ncc(C(=O)NC3CCc4ccccc4C3)cc2N1. The summed E-state index contributed by atoms with van der Waals surface area (Å²) in [5.74, 6) is 0.304. The number of anilines is 2. The lowest BCUT2D eigenvalue weighted by Gasteiger charge is -2.25. The minimum atomic E-state index is -0.158. The van der Waals surface area contributed by atoms with Crippen molar-refractivity contribution in [3.63, 3.8) is 0 Å². The summed E-state index contributed by atoms with van der Waals surface area (Å²) >= 11 is 0. The number of aryl methyl sites for hydroxylation is 1. The number of amides is 2. The van der Waals surface area contributed by atoms with Crippen molar-refractivity contribution in [2.75, 3.05) is 17.2 Å². The van der Waals surface area contributed by atoms with E-state index in [-0.39, 0.29) is 24.4 Å². The topological polar surface area (TPSA) is 83.1 Å². The first-order chi connectivity index (χ1) is 11.7. The fraction of sp³-hybridized carbons (Fsp3) is 0.278. The van der Waals surface area contributed by atoms with Crippen molar-refractivity contribution >= 4 is 23.3 Å². The van der Waals surface area contributed by atoms with Crippen LogP contribution >= 0.6 is 0 Å². The molecule has 24 heavy (non-hydrogen) atoms. The van der Waals surface area contributed by atoms with Crippen molar-refractivity contribution < 1.29 is 9.59 Å². The van der Waals surface area contributed by atoms with E-state index in [0.717, 1.165) is 19.3 Å². The van der Waals surface area contributed by atoms with Crippen LogP contribution in [0.3, 0.4) is 0 Å². The molecule has 6 heteroatoms. The third-order valence-corrected chi connectivity index (χ3v) is 4.52. The van der Waals surface area contributed by atoms with E-state index >= 15 is 0 Å². The van der Waals surface area contributed by atoms with Gasteiger partial charge in [-0.2, -0.15) is 0 Å². The van der Waals surface area contributed by atoms with Crippen LogP contribution in [-0.4, -0.2) is 29.4 Å². The van der Waals surface area contributed by atoms with Crippen LogP contribution in [0.25, 0.3) is 0 Å². The summed E-state index contributed by atoms with van der Waals surface area (Å²) in [7, 11) is 0. The van der Waals surface area contributed by atoms with E-state index in [9.17, 15) is 9.59 Å². The quantitative estimate of drug-likeness (QED) is 0.786. The third kappa shape index (κ3) is 2.82. The van der Waals surface area contributed by atoms with Crippen LogP contribution in [0.1, 0.15) is 27.9 Å². The largest absolute Gasteiger partial charge is 0.359 e. The Morgan fingerprint density at radius 3 is 2.96 bits per heavy atom. The van der Waals surface area contributed by atoms with Crippen molar-refractivity contribution in [1.29, 1.82) is 0 Å². The van der Waals surface area contributed by atoms with Gasteiger partial charge in [-0.05, 0) is 36.5 Å². The number of rotatable bonds is 2. The lowest BCUT2D eigenvalue weighted by atomic mass is 9.88. The second kappa shape index (κ2) is 5.96. The Morgan fingerprint density at radius 2 is 2.08 bits per heavy atom. The number of nitrogens with zero attached hydrogens (tertiary/aromatic N) is 1. The van der Waals surface area contributed by atoms with Gasteiger partial charge in [0.1, 0.15) is 5.82 Å². The minimum Gasteiger partial charge on any atom is -0.359 e. The van der Waals surface area contributed by atoms with Crippen LogP contribution in [-0.2, 0) is 17.6 Å². The van der Waals surface area contributed by atoms with E-state index in [0.29, 0.717) is 17.1 Å². The van der Waals surface area contributed by atoms with Crippen LogP contribution in [0, 0.1) is 0 Å². The molecule has 2 heterocycles. The average molecular weight is 322 g/mol. The van der Waals surface area contributed by atoms with Gasteiger partial charge in [0, 0.05) is 12.2 Å². The Labute approximate surface area is 139 Å². The zero-order valence-corrected chi connectivity index (χ0v) is 13.1. The van der Waals surface area contributed by atoms with Gasteiger partial charge in [-0.25, -0.2) is 4.98 Å². The number of fused-ring (bicyclic) bond motifs is 2. The standard InChI is InChI=1S/C18H18N4O2/c23-16-10-20-17-15(22-16)8-13(9-19-17)18(24)21-14-6-5-11-3-1-2-4-12(11)7-14/h1-4,8-9,14H,5-7,10H2,(H,19,20)(H,21,24)(H,22,23). The van der Waals surface area contributed by atoms with E-state index in [4.69, 9.17) is 0 Å². The molecule has 0 saturated heterocycles. The highest BCUT2D eigenvalue weighted by Crippen LogP contribution is 2.24. The van der Waals surface area contributed by atoms with E-state index in [1.807, 2.05) is 6.07 Å². The molecule has 2 aliphatic rings. The van der Waals surface area contributed by atoms with E-state index in [1.54, 1.807) is 6.07 Å². The molecule has 1 atom stereocenters. The Kier molecular flexibility index (Phi) is 3.65. The molecule has 0 fully saturated rings. The molecular weight excluding hydrogens is 304 g/mol. The molecule has 1 aromatic heterocycles. The van der Waals surface area contributed by atoms with Crippen molar-refractivity contribution in [2.24, 2.45) is 0 Å². The first kappa shape index (κ1) is 14.7. The van der Waals surface area contributed by atoms with Gasteiger partial charge in [-0.15, -0.1) is 0 Å². The monoisotopic (exact) mass is 322 g/mol. The number of hydrogen-bond donors (Lipinski definition) is 3. The average Bonchev–Trinajstić information content (AvgIpc) is 2.61. The van der Waals surface area contributed by atoms with Gasteiger partial charge in [-0.1, -0.05) is 24.3 Å². The molecule has 3 N–H and O–H groups in total. The molecule has 6 nitrogen and oxygen atoms in total. The first-order valence-electron chi connectivity index (χ1n) is 8.10. The number of pyridine rings is 1. The summed E-state index contributed by atoms with van der Waals surface area (Å²) in [6.07, 6.45) is 4.29. The van der Waals surface area contributed by atoms with Crippen molar-refractivity contribution in [3.8, 4) is 0 Å². The molecule has 0 spiro atoms. The van der Waals surface area contributed by atoms with Gasteiger partial charge in [0.25, 0.3) is 5.91 Å². The molecule has 0 radical (unpaired) electrons. The maximum absolute atomic E-state index is 12.5. The van der Waals surface area contributed by atoms with Gasteiger partial charge < -0.3 is 16.0 Å². The number of carbonyl (C=O) groups excluding carboxylic acids is 2. The molecule has 1 aliphatic carbocycles. The van der Waals surface area contributed by atoms with Gasteiger partial charge in [0.05, 0.1) is 17.8 Å². The number of benzene rings is 1. The molecule has 1 aromatic carbocycles. The Morgan fingerprint density at radius 1 is 1.25 bits per heavy atom. The van der Waals surface area contributed by atoms with Crippen LogP contribution in [0.4, 0.5) is 11.5 Å². The summed E-state index contributed by atoms with van der Waals surface area (Å²) in [4.78, 5) is 28.2. The maximum Gasteiger partial charge on any atom is 0.253 e. The normalized spacial score (nSPS) is 18.7. The first-order valence-corrected chi connectivity index (χ1v) is 8.10. The van der Waals surface area contributed by atoms with Crippen LogP contribution in [0.5, 0.6) is 0 Å². The molecule has 1 aliphatic heterocycles. The van der Waals surface area contributed by atoms with Gasteiger partial charge in [-0.3, -0.25) is 9.59 Å². The highest BCUT2D eigenvalue weighted by atomic mass is 16.2. The van der Waals surface area contributed by atoms with E-state index in [2.05, 4.69) is 39.1 Å². The Hall–Kier alpha value is -2.89. The highest BCUT2D eigenvalue weighted by Gasteiger charge is 2.22. The second-order valence-corrected chi connectivity index (χ2v) is 6.20. The lowest BCUT2D eigenvalue weighted by Crippen LogP contribution is -2.39. The number of hydrogen-bond acceptors (Lipinski definition) is 4. The number of carbonyl (C=O) groups is 2. The summed E-state index contributed by atoms with van der Waals surface area (Å²) < 4.78 is 0. The lowest BCUT2D eigenvalue weighted by molar-refractivity contribution is -0.114. The van der Waals surface area contributed by atoms with E-state index in [1.165, 1.54) is 17.3 Å². The highest BCUT2D eigenvalue weighted by molar-refractivity contribution is 6.02. The molecule has 0 bridgehead atoms. The molecular formula is C18H18N4O2. The fourth-order valence-electron chi connectivity index (χ4n) is 3.27. The smallest absolute Gasteiger partial charge is 0.253 e. The predicted octanol–water partition coefficient (Wildman–Crippen LogP) is 1.73. The minimum absolute atomic E-state index is 0.121. The summed E-state index contributed by atoms with van der Waals surface area (Å²) in [5.41, 5.74) is 3.67. The van der Waals surface area contributed by atoms with Crippen molar-refractivity contribution in [2.45, 2.75) is 25.3 Å². The summed E-state index contributed by atoms with van der Waals surface area (Å²) in [6.45, 7) is 0.201. The van der Waals surface area contributed by atoms with Crippen molar-refractivity contribution in [3.05, 3.63) is 53.2 Å². The Bertz CT molecular complexity index is 818. The fourth-order valence-corrected chi connectivity index (χ4v) is 3.27. The summed E-state index contributed by atoms with van der Waals surface area (Å²) in [6, 6.07) is 10.1. The molecule has 1 unspecified atom stereocenters. The zero-order chi connectivity index (χ0) is 16.5. The molecule has 122 valence electrons.